The van der Waals surface area contributed by atoms with Crippen LogP contribution in [0.15, 0.2) is 67.4 Å². The van der Waals surface area contributed by atoms with Crippen LogP contribution in [0.1, 0.15) is 27.0 Å². The molecule has 0 aliphatic carbocycles. The van der Waals surface area contributed by atoms with Crippen molar-refractivity contribution in [2.45, 2.75) is 13.0 Å². The van der Waals surface area contributed by atoms with Crippen LogP contribution < -0.4 is 5.32 Å². The number of benzene rings is 1. The molecule has 0 aliphatic rings. The Morgan fingerprint density at radius 3 is 2.55 bits per heavy atom. The second-order valence-corrected chi connectivity index (χ2v) is 7.43. The van der Waals surface area contributed by atoms with Crippen LogP contribution in [0.3, 0.4) is 0 Å². The minimum absolute atomic E-state index is 0.0749. The van der Waals surface area contributed by atoms with Gasteiger partial charge >= 0.3 is 6.05 Å². The number of rotatable bonds is 5. The summed E-state index contributed by atoms with van der Waals surface area (Å²) in [7, 11) is 1.76. The topological polar surface area (TPSA) is 96.5 Å². The molecule has 4 rings (SSSR count). The average Bonchev–Trinajstić information content (AvgIpc) is 3.25. The molecule has 3 aromatic heterocycles. The first kappa shape index (κ1) is 21.8. The molecule has 164 valence electrons. The van der Waals surface area contributed by atoms with Gasteiger partial charge < -0.3 is 0 Å². The van der Waals surface area contributed by atoms with Crippen LogP contribution in [0.5, 0.6) is 0 Å². The fraction of sp³-hybridized carbons (Fsp3) is 0.125. The van der Waals surface area contributed by atoms with Gasteiger partial charge in [-0.25, -0.2) is 0 Å². The van der Waals surface area contributed by atoms with Gasteiger partial charge in [0.05, 0.1) is 17.5 Å². The Labute approximate surface area is 188 Å². The number of carbonyl (C=O) groups excluding carboxylic acids is 1. The quantitative estimate of drug-likeness (QED) is 0.466. The SMILES string of the molecule is Cc1ccc(C(F)(F)NC(=O)c2ccncc2)cc1-c1cnc(-c2cnn(C)c2)c(C#N)c1. The zero-order valence-electron chi connectivity index (χ0n) is 17.8. The number of alkyl halides is 2. The van der Waals surface area contributed by atoms with E-state index in [4.69, 9.17) is 0 Å². The van der Waals surface area contributed by atoms with Crippen molar-refractivity contribution in [2.75, 3.05) is 0 Å². The molecular formula is C24H18F2N6O. The Morgan fingerprint density at radius 2 is 1.88 bits per heavy atom. The zero-order valence-corrected chi connectivity index (χ0v) is 17.8. The van der Waals surface area contributed by atoms with Gasteiger partial charge in [0.25, 0.3) is 5.91 Å². The van der Waals surface area contributed by atoms with E-state index < -0.39 is 12.0 Å². The molecule has 3 heterocycles. The Bertz CT molecular complexity index is 1380. The van der Waals surface area contributed by atoms with E-state index in [1.54, 1.807) is 42.4 Å². The number of carbonyl (C=O) groups is 1. The van der Waals surface area contributed by atoms with Crippen molar-refractivity contribution in [1.29, 1.82) is 5.26 Å². The van der Waals surface area contributed by atoms with Crippen LogP contribution >= 0.6 is 0 Å². The van der Waals surface area contributed by atoms with Crippen molar-refractivity contribution in [3.8, 4) is 28.5 Å². The van der Waals surface area contributed by atoms with E-state index >= 15 is 0 Å². The number of nitrogens with one attached hydrogen (secondary N) is 1. The standard InChI is InChI=1S/C24H18F2N6O/c1-15-3-4-20(24(25,26)31-23(33)16-5-7-28-8-6-16)10-21(15)18-9-17(11-27)22(29-12-18)19-13-30-32(2)14-19/h3-10,12-14H,1-2H3,(H,31,33). The van der Waals surface area contributed by atoms with Crippen molar-refractivity contribution < 1.29 is 13.6 Å². The largest absolute Gasteiger partial charge is 0.352 e. The van der Waals surface area contributed by atoms with Crippen LogP contribution in [-0.4, -0.2) is 25.7 Å². The van der Waals surface area contributed by atoms with Gasteiger partial charge in [-0.05, 0) is 42.3 Å². The van der Waals surface area contributed by atoms with Crippen molar-refractivity contribution in [3.63, 3.8) is 0 Å². The Kier molecular flexibility index (Phi) is 5.67. The van der Waals surface area contributed by atoms with E-state index in [1.807, 2.05) is 0 Å². The highest BCUT2D eigenvalue weighted by molar-refractivity contribution is 5.94. The third kappa shape index (κ3) is 4.45. The van der Waals surface area contributed by atoms with Crippen LogP contribution in [-0.2, 0) is 13.1 Å². The number of amides is 1. The minimum atomic E-state index is -3.62. The number of nitrogens with zero attached hydrogens (tertiary/aromatic N) is 5. The molecule has 0 spiro atoms. The Hall–Kier alpha value is -4.45. The monoisotopic (exact) mass is 444 g/mol. The number of aryl methyl sites for hydroxylation is 2. The highest BCUT2D eigenvalue weighted by Crippen LogP contribution is 2.33. The lowest BCUT2D eigenvalue weighted by molar-refractivity contribution is -0.0333. The highest BCUT2D eigenvalue weighted by Gasteiger charge is 2.34. The van der Waals surface area contributed by atoms with Crippen LogP contribution in [0.4, 0.5) is 8.78 Å². The van der Waals surface area contributed by atoms with Gasteiger partial charge in [-0.1, -0.05) is 12.1 Å². The van der Waals surface area contributed by atoms with Crippen LogP contribution in [0, 0.1) is 18.3 Å². The van der Waals surface area contributed by atoms with E-state index in [-0.39, 0.29) is 11.1 Å². The second-order valence-electron chi connectivity index (χ2n) is 7.43. The Morgan fingerprint density at radius 1 is 1.12 bits per heavy atom. The molecule has 0 aliphatic heterocycles. The molecule has 0 atom stereocenters. The summed E-state index contributed by atoms with van der Waals surface area (Å²) in [4.78, 5) is 20.4. The summed E-state index contributed by atoms with van der Waals surface area (Å²) in [6, 6.07) is 6.90. The van der Waals surface area contributed by atoms with Gasteiger partial charge in [-0.15, -0.1) is 0 Å². The number of pyridine rings is 2. The molecular weight excluding hydrogens is 426 g/mol. The van der Waals surface area contributed by atoms with Gasteiger partial charge in [0.2, 0.25) is 0 Å². The first-order valence-electron chi connectivity index (χ1n) is 9.89. The van der Waals surface area contributed by atoms with Gasteiger partial charge in [0.15, 0.2) is 0 Å². The number of nitriles is 1. The third-order valence-corrected chi connectivity index (χ3v) is 5.11. The molecule has 7 nitrogen and oxygen atoms in total. The second kappa shape index (κ2) is 8.59. The summed E-state index contributed by atoms with van der Waals surface area (Å²) >= 11 is 0. The number of hydrogen-bond donors (Lipinski definition) is 1. The predicted octanol–water partition coefficient (Wildman–Crippen LogP) is 4.20. The lowest BCUT2D eigenvalue weighted by Gasteiger charge is -2.20. The summed E-state index contributed by atoms with van der Waals surface area (Å²) in [5.74, 6) is -0.918. The summed E-state index contributed by atoms with van der Waals surface area (Å²) in [6.45, 7) is 1.77. The van der Waals surface area contributed by atoms with Crippen molar-refractivity contribution in [3.05, 3.63) is 89.6 Å². The zero-order chi connectivity index (χ0) is 23.6. The molecule has 1 N–H and O–H groups in total. The van der Waals surface area contributed by atoms with E-state index in [1.165, 1.54) is 48.9 Å². The van der Waals surface area contributed by atoms with Crippen molar-refractivity contribution in [2.24, 2.45) is 7.05 Å². The number of aromatic nitrogens is 4. The molecule has 1 aromatic carbocycles. The molecule has 0 saturated heterocycles. The van der Waals surface area contributed by atoms with Crippen LogP contribution in [0.2, 0.25) is 0 Å². The first-order valence-corrected chi connectivity index (χ1v) is 9.89. The van der Waals surface area contributed by atoms with E-state index in [0.717, 1.165) is 5.56 Å². The minimum Gasteiger partial charge on any atom is -0.289 e. The lowest BCUT2D eigenvalue weighted by Crippen LogP contribution is -2.38. The normalized spacial score (nSPS) is 11.1. The maximum Gasteiger partial charge on any atom is 0.352 e. The maximum atomic E-state index is 14.9. The van der Waals surface area contributed by atoms with E-state index in [0.29, 0.717) is 27.9 Å². The van der Waals surface area contributed by atoms with Gasteiger partial charge in [0, 0.05) is 54.1 Å². The Balaban J connectivity index is 1.69. The van der Waals surface area contributed by atoms with Gasteiger partial charge in [0.1, 0.15) is 6.07 Å². The van der Waals surface area contributed by atoms with E-state index in [9.17, 15) is 18.8 Å². The molecule has 9 heteroatoms. The molecule has 0 fully saturated rings. The smallest absolute Gasteiger partial charge is 0.289 e. The molecule has 0 radical (unpaired) electrons. The lowest BCUT2D eigenvalue weighted by atomic mass is 9.96. The van der Waals surface area contributed by atoms with Crippen molar-refractivity contribution >= 4 is 5.91 Å². The fourth-order valence-electron chi connectivity index (χ4n) is 3.39. The van der Waals surface area contributed by atoms with E-state index in [2.05, 4.69) is 21.1 Å². The maximum absolute atomic E-state index is 14.9. The molecule has 33 heavy (non-hydrogen) atoms. The van der Waals surface area contributed by atoms with Crippen molar-refractivity contribution in [1.82, 2.24) is 25.1 Å². The highest BCUT2D eigenvalue weighted by atomic mass is 19.3. The van der Waals surface area contributed by atoms with Gasteiger partial charge in [-0.2, -0.15) is 19.1 Å². The average molecular weight is 444 g/mol. The summed E-state index contributed by atoms with van der Waals surface area (Å²) in [5, 5.41) is 15.5. The molecule has 4 aromatic rings. The molecule has 0 saturated carbocycles. The van der Waals surface area contributed by atoms with Crippen LogP contribution in [0.25, 0.3) is 22.4 Å². The molecule has 0 unspecified atom stereocenters. The number of halogens is 2. The number of hydrogen-bond acceptors (Lipinski definition) is 5. The summed E-state index contributed by atoms with van der Waals surface area (Å²) in [6.07, 6.45) is 7.57. The summed E-state index contributed by atoms with van der Waals surface area (Å²) in [5.41, 5.74) is 2.82. The molecule has 0 bridgehead atoms. The van der Waals surface area contributed by atoms with Gasteiger partial charge in [-0.3, -0.25) is 24.8 Å². The predicted molar refractivity (Wildman–Crippen MR) is 117 cm³/mol. The summed E-state index contributed by atoms with van der Waals surface area (Å²) < 4.78 is 31.5. The first-order chi connectivity index (χ1) is 15.8. The molecule has 1 amide bonds. The third-order valence-electron chi connectivity index (χ3n) is 5.11. The fourth-order valence-corrected chi connectivity index (χ4v) is 3.39.